The molecule has 506 valence electrons. The summed E-state index contributed by atoms with van der Waals surface area (Å²) in [6, 6.07) is 0. The minimum absolute atomic E-state index is 0.132. The van der Waals surface area contributed by atoms with Crippen molar-refractivity contribution in [2.45, 2.75) is 436 Å². The average molecular weight is 1190 g/mol. The Morgan fingerprint density at radius 3 is 0.882 bits per heavy atom. The molecule has 4 spiro atoms. The van der Waals surface area contributed by atoms with Crippen LogP contribution >= 0.6 is 0 Å². The van der Waals surface area contributed by atoms with Gasteiger partial charge in [-0.15, -0.1) is 0 Å². The number of rotatable bonds is 2. The molecular weight excluding hydrogens is 1020 g/mol. The van der Waals surface area contributed by atoms with E-state index in [9.17, 15) is 0 Å². The molecule has 0 atom stereocenters. The van der Waals surface area contributed by atoms with Crippen molar-refractivity contribution in [3.8, 4) is 0 Å². The quantitative estimate of drug-likeness (QED) is 0.259. The van der Waals surface area contributed by atoms with E-state index in [1.807, 2.05) is 55.4 Å². The van der Waals surface area contributed by atoms with Gasteiger partial charge in [0.2, 0.25) is 0 Å². The maximum Gasteiger partial charge on any atom is 0.0294 e. The predicted molar refractivity (Wildman–Crippen MR) is 387 cm³/mol. The van der Waals surface area contributed by atoms with Gasteiger partial charge in [-0.1, -0.05) is 276 Å². The molecule has 0 radical (unpaired) electrons. The van der Waals surface area contributed by atoms with Gasteiger partial charge in [0.15, 0.2) is 0 Å². The summed E-state index contributed by atoms with van der Waals surface area (Å²) in [6.07, 6.45) is 57.4. The lowest BCUT2D eigenvalue weighted by Gasteiger charge is -2.56. The molecular formula is C85H166. The minimum Gasteiger partial charge on any atom is -0.0651 e. The van der Waals surface area contributed by atoms with E-state index in [1.54, 1.807) is 104 Å². The van der Waals surface area contributed by atoms with E-state index in [0.29, 0.717) is 27.1 Å². The summed E-state index contributed by atoms with van der Waals surface area (Å²) in [6.45, 7) is 54.0. The van der Waals surface area contributed by atoms with E-state index in [4.69, 9.17) is 6.85 Å². The molecule has 0 saturated heterocycles. The molecule has 0 heteroatoms. The zero-order valence-corrected chi connectivity index (χ0v) is 63.7. The second-order valence-corrected chi connectivity index (χ2v) is 39.7. The van der Waals surface area contributed by atoms with Gasteiger partial charge in [0.05, 0.1) is 0 Å². The molecule has 0 heterocycles. The maximum atomic E-state index is 7.25. The van der Waals surface area contributed by atoms with Gasteiger partial charge in [0.25, 0.3) is 0 Å². The molecule has 12 aliphatic carbocycles. The maximum absolute atomic E-state index is 7.25. The van der Waals surface area contributed by atoms with Crippen molar-refractivity contribution in [3.05, 3.63) is 0 Å². The molecule has 12 saturated carbocycles. The molecule has 0 aliphatic heterocycles. The summed E-state index contributed by atoms with van der Waals surface area (Å²) in [5.41, 5.74) is 6.10. The topological polar surface area (TPSA) is 0 Å². The van der Waals surface area contributed by atoms with Crippen molar-refractivity contribution >= 4 is 0 Å². The standard InChI is InChI=1S/C16H30.C14H26.C12H20.C12H22.C11H20.C6H14.2C5H12.C4H10/c1-13-6-8-16(9-7-13)11-14(2,3)10-15(4,5)12-16;1-12-4-6-14(7-5-12)10-8-13(2,3)9-11-14;1-2-12-6-9-3-10(7-12)5-11(4-9)8-12;1-11-5-9-12(10-6-11)7-3-2-4-8-12;1-10-4-8-11(9-5-10)6-2-3-7-11;1-5-6(2,3)4;1-5(2,3)4;1-4-5(2)3;1-4(2)3/h13H,6-12H2,1-5H3;12H,4-11H2,1-3H3;9-11H,2-8H2,1H3;11H,2-10H2,1H3;10H,2-9H2,1H3;5H2,1-4H3;1-4H3;5H,4H2,1-3H3;4H,1-3H3/i;;;;;5D2;;4D2;4D. The third kappa shape index (κ3) is 31.5. The monoisotopic (exact) mass is 1190 g/mol. The van der Waals surface area contributed by atoms with Crippen LogP contribution in [0.3, 0.4) is 0 Å². The summed E-state index contributed by atoms with van der Waals surface area (Å²) in [5, 5.41) is 0. The molecule has 12 rings (SSSR count). The zero-order chi connectivity index (χ0) is 68.7. The van der Waals surface area contributed by atoms with Crippen LogP contribution in [0.15, 0.2) is 0 Å². The van der Waals surface area contributed by atoms with Crippen molar-refractivity contribution in [3.63, 3.8) is 0 Å². The predicted octanol–water partition coefficient (Wildman–Crippen LogP) is 29.9. The van der Waals surface area contributed by atoms with Crippen LogP contribution in [0, 0.1) is 107 Å². The summed E-state index contributed by atoms with van der Waals surface area (Å²) >= 11 is 0. The molecule has 0 aromatic rings. The third-order valence-corrected chi connectivity index (χ3v) is 24.5. The lowest BCUT2D eigenvalue weighted by molar-refractivity contribution is -0.0545. The SMILES string of the molecule is CC(C)(C)C.CC1CCC2(CC1)CC(C)(C)CC(C)(C)C2.CC1CCC2(CC1)CCC(C)(C)CC2.CC1CCC2(CCCC2)CC1.CC1CCC2(CCCCC2)CC1.CCC12CC3CC(CC(C3)C1)C2.[2H]C(C)(C)C.[2H]C([2H])(C)C(C)(C)C.[2H]C([2H])(C)C(C)C. The average Bonchev–Trinajstić information content (AvgIpc) is 0.918. The Morgan fingerprint density at radius 1 is 0.388 bits per heavy atom. The van der Waals surface area contributed by atoms with Crippen molar-refractivity contribution in [2.24, 2.45) is 107 Å². The zero-order valence-electron chi connectivity index (χ0n) is 68.7. The first-order chi connectivity index (χ1) is 40.8. The molecule has 0 nitrogen and oxygen atoms in total. The molecule has 12 fully saturated rings. The second kappa shape index (κ2) is 35.3. The summed E-state index contributed by atoms with van der Waals surface area (Å²) in [7, 11) is 0. The van der Waals surface area contributed by atoms with Crippen LogP contribution in [0.5, 0.6) is 0 Å². The second-order valence-electron chi connectivity index (χ2n) is 39.7. The normalized spacial score (nSPS) is 31.6. The minimum atomic E-state index is -1.06. The van der Waals surface area contributed by atoms with Crippen LogP contribution in [0.25, 0.3) is 0 Å². The van der Waals surface area contributed by atoms with Crippen molar-refractivity contribution < 1.29 is 6.85 Å². The van der Waals surface area contributed by atoms with Crippen LogP contribution in [-0.2, 0) is 0 Å². The van der Waals surface area contributed by atoms with E-state index in [-0.39, 0.29) is 17.2 Å². The number of hydrogen-bond donors (Lipinski definition) is 0. The first kappa shape index (κ1) is 70.9. The Labute approximate surface area is 547 Å². The molecule has 0 aromatic heterocycles. The fourth-order valence-electron chi connectivity index (χ4n) is 19.5. The van der Waals surface area contributed by atoms with Gasteiger partial charge in [-0.2, -0.15) is 0 Å². The van der Waals surface area contributed by atoms with Gasteiger partial charge >= 0.3 is 0 Å². The summed E-state index contributed by atoms with van der Waals surface area (Å²) in [5.74, 6) is 7.38. The molecule has 0 N–H and O–H groups in total. The first-order valence-corrected chi connectivity index (χ1v) is 38.3. The van der Waals surface area contributed by atoms with E-state index in [0.717, 1.165) is 63.1 Å². The van der Waals surface area contributed by atoms with Gasteiger partial charge < -0.3 is 0 Å². The van der Waals surface area contributed by atoms with Crippen LogP contribution in [0.4, 0.5) is 0 Å². The fraction of sp³-hybridized carbons (Fsp3) is 1.00. The highest BCUT2D eigenvalue weighted by Gasteiger charge is 2.50. The van der Waals surface area contributed by atoms with E-state index >= 15 is 0 Å². The highest BCUT2D eigenvalue weighted by Crippen LogP contribution is 2.62. The fourth-order valence-corrected chi connectivity index (χ4v) is 19.5. The van der Waals surface area contributed by atoms with E-state index < -0.39 is 12.7 Å². The van der Waals surface area contributed by atoms with Crippen molar-refractivity contribution in [2.75, 3.05) is 0 Å². The molecule has 85 heavy (non-hydrogen) atoms. The van der Waals surface area contributed by atoms with E-state index in [1.165, 1.54) is 161 Å². The van der Waals surface area contributed by atoms with Crippen LogP contribution in [0.1, 0.15) is 443 Å². The smallest absolute Gasteiger partial charge is 0.0294 e. The molecule has 4 bridgehead atoms. The van der Waals surface area contributed by atoms with Crippen LogP contribution in [-0.4, -0.2) is 0 Å². The van der Waals surface area contributed by atoms with Gasteiger partial charge in [0.1, 0.15) is 0 Å². The highest BCUT2D eigenvalue weighted by atomic mass is 14.6. The Kier molecular flexibility index (Phi) is 29.4. The van der Waals surface area contributed by atoms with Gasteiger partial charge in [-0.3, -0.25) is 0 Å². The van der Waals surface area contributed by atoms with Crippen molar-refractivity contribution in [1.82, 2.24) is 0 Å². The summed E-state index contributed by atoms with van der Waals surface area (Å²) in [4.78, 5) is 0. The van der Waals surface area contributed by atoms with E-state index in [2.05, 4.69) is 104 Å². The third-order valence-electron chi connectivity index (χ3n) is 24.5. The summed E-state index contributed by atoms with van der Waals surface area (Å²) < 4.78 is 35.5. The van der Waals surface area contributed by atoms with Gasteiger partial charge in [-0.25, -0.2) is 0 Å². The Bertz CT molecular complexity index is 1820. The molecule has 12 aliphatic rings. The Hall–Kier alpha value is 0. The van der Waals surface area contributed by atoms with Gasteiger partial charge in [0, 0.05) is 6.85 Å². The van der Waals surface area contributed by atoms with Crippen LogP contribution in [0.2, 0.25) is 0 Å². The van der Waals surface area contributed by atoms with Crippen LogP contribution < -0.4 is 0 Å². The molecule has 0 aromatic carbocycles. The van der Waals surface area contributed by atoms with Crippen molar-refractivity contribution in [1.29, 1.82) is 0 Å². The lowest BCUT2D eigenvalue weighted by Crippen LogP contribution is -2.45. The number of hydrogen-bond acceptors (Lipinski definition) is 0. The Morgan fingerprint density at radius 2 is 0.635 bits per heavy atom. The largest absolute Gasteiger partial charge is 0.0651 e. The lowest BCUT2D eigenvalue weighted by atomic mass is 9.49. The Balaban J connectivity index is 0.000000271. The first-order valence-electron chi connectivity index (χ1n) is 40.8. The highest BCUT2D eigenvalue weighted by molar-refractivity contribution is 5.02. The molecule has 0 amide bonds. The molecule has 0 unspecified atom stereocenters. The van der Waals surface area contributed by atoms with Gasteiger partial charge in [-0.05, 0) is 268 Å².